The molecule has 0 radical (unpaired) electrons. The van der Waals surface area contributed by atoms with Crippen molar-refractivity contribution in [3.05, 3.63) is 29.8 Å². The van der Waals surface area contributed by atoms with Crippen molar-refractivity contribution in [2.75, 3.05) is 13.1 Å². The highest BCUT2D eigenvalue weighted by molar-refractivity contribution is 7.89. The van der Waals surface area contributed by atoms with Gasteiger partial charge in [0, 0.05) is 13.1 Å². The minimum absolute atomic E-state index is 0.00211. The second kappa shape index (κ2) is 4.05. The summed E-state index contributed by atoms with van der Waals surface area (Å²) >= 11 is 0. The second-order valence-electron chi connectivity index (χ2n) is 5.33. The molecule has 1 aromatic rings. The van der Waals surface area contributed by atoms with Gasteiger partial charge in [0.1, 0.15) is 0 Å². The number of nitrogens with zero attached hydrogens (tertiary/aromatic N) is 1. The highest BCUT2D eigenvalue weighted by Gasteiger charge is 2.61. The highest BCUT2D eigenvalue weighted by atomic mass is 32.2. The predicted octanol–water partition coefficient (Wildman–Crippen LogP) is 0.946. The minimum atomic E-state index is -3.47. The lowest BCUT2D eigenvalue weighted by molar-refractivity contribution is -0.139. The van der Waals surface area contributed by atoms with Crippen LogP contribution in [0, 0.1) is 24.7 Å². The molecule has 102 valence electrons. The summed E-state index contributed by atoms with van der Waals surface area (Å²) in [5.41, 5.74) is 1.01. The van der Waals surface area contributed by atoms with Crippen LogP contribution < -0.4 is 0 Å². The SMILES string of the molecule is Cc1ccc(S(=O)(=O)N2CC3C(C(=O)O)[C@@H]3C2)cc1. The van der Waals surface area contributed by atoms with E-state index in [1.165, 1.54) is 4.31 Å². The van der Waals surface area contributed by atoms with Crippen LogP contribution in [0.5, 0.6) is 0 Å². The molecule has 1 saturated carbocycles. The first-order valence-corrected chi connectivity index (χ1v) is 7.65. The first-order valence-electron chi connectivity index (χ1n) is 6.21. The van der Waals surface area contributed by atoms with Crippen LogP contribution in [0.3, 0.4) is 0 Å². The van der Waals surface area contributed by atoms with Crippen LogP contribution in [0.2, 0.25) is 0 Å². The number of aliphatic carboxylic acids is 1. The number of sulfonamides is 1. The molecule has 5 nitrogen and oxygen atoms in total. The molecule has 0 spiro atoms. The average molecular weight is 281 g/mol. The summed E-state index contributed by atoms with van der Waals surface area (Å²) < 4.78 is 26.1. The van der Waals surface area contributed by atoms with Crippen molar-refractivity contribution in [2.45, 2.75) is 11.8 Å². The molecule has 3 atom stereocenters. The van der Waals surface area contributed by atoms with E-state index in [1.54, 1.807) is 24.3 Å². The number of hydrogen-bond donors (Lipinski definition) is 1. The van der Waals surface area contributed by atoms with E-state index in [4.69, 9.17) is 5.11 Å². The Hall–Kier alpha value is -1.40. The quantitative estimate of drug-likeness (QED) is 0.895. The van der Waals surface area contributed by atoms with Crippen molar-refractivity contribution >= 4 is 16.0 Å². The summed E-state index contributed by atoms with van der Waals surface area (Å²) in [7, 11) is -3.47. The van der Waals surface area contributed by atoms with Gasteiger partial charge in [-0.3, -0.25) is 4.79 Å². The fraction of sp³-hybridized carbons (Fsp3) is 0.462. The first kappa shape index (κ1) is 12.6. The molecule has 0 bridgehead atoms. The smallest absolute Gasteiger partial charge is 0.307 e. The number of fused-ring (bicyclic) bond motifs is 1. The predicted molar refractivity (Wildman–Crippen MR) is 68.0 cm³/mol. The van der Waals surface area contributed by atoms with E-state index < -0.39 is 16.0 Å². The normalized spacial score (nSPS) is 30.1. The van der Waals surface area contributed by atoms with Crippen LogP contribution in [-0.4, -0.2) is 36.9 Å². The second-order valence-corrected chi connectivity index (χ2v) is 7.26. The Morgan fingerprint density at radius 3 is 2.21 bits per heavy atom. The molecular weight excluding hydrogens is 266 g/mol. The van der Waals surface area contributed by atoms with Crippen LogP contribution in [0.15, 0.2) is 29.2 Å². The molecule has 19 heavy (non-hydrogen) atoms. The minimum Gasteiger partial charge on any atom is -0.481 e. The average Bonchev–Trinajstić information content (AvgIpc) is 2.86. The maximum absolute atomic E-state index is 12.4. The number of carboxylic acid groups (broad SMARTS) is 1. The summed E-state index contributed by atoms with van der Waals surface area (Å²) in [5.74, 6) is -1.15. The molecule has 1 aromatic carbocycles. The lowest BCUT2D eigenvalue weighted by Gasteiger charge is -2.18. The van der Waals surface area contributed by atoms with E-state index in [0.717, 1.165) is 5.56 Å². The summed E-state index contributed by atoms with van der Waals surface area (Å²) in [6.45, 7) is 2.56. The van der Waals surface area contributed by atoms with Gasteiger partial charge in [0.15, 0.2) is 0 Å². The Morgan fingerprint density at radius 1 is 1.21 bits per heavy atom. The van der Waals surface area contributed by atoms with Crippen LogP contribution in [0.4, 0.5) is 0 Å². The molecule has 0 amide bonds. The zero-order valence-electron chi connectivity index (χ0n) is 10.5. The number of rotatable bonds is 3. The van der Waals surface area contributed by atoms with E-state index in [0.29, 0.717) is 13.1 Å². The molecule has 2 aliphatic rings. The zero-order valence-corrected chi connectivity index (χ0v) is 11.3. The number of carboxylic acids is 1. The number of benzene rings is 1. The molecule has 1 heterocycles. The zero-order chi connectivity index (χ0) is 13.8. The Labute approximate surface area is 111 Å². The van der Waals surface area contributed by atoms with Gasteiger partial charge in [0.2, 0.25) is 10.0 Å². The number of hydrogen-bond acceptors (Lipinski definition) is 3. The van der Waals surface area contributed by atoms with Gasteiger partial charge in [-0.2, -0.15) is 4.31 Å². The van der Waals surface area contributed by atoms with Crippen molar-refractivity contribution in [1.29, 1.82) is 0 Å². The molecule has 2 fully saturated rings. The fourth-order valence-electron chi connectivity index (χ4n) is 2.91. The molecule has 1 N–H and O–H groups in total. The van der Waals surface area contributed by atoms with Crippen molar-refractivity contribution < 1.29 is 18.3 Å². The molecule has 1 aliphatic carbocycles. The van der Waals surface area contributed by atoms with Crippen LogP contribution in [0.25, 0.3) is 0 Å². The van der Waals surface area contributed by atoms with Crippen LogP contribution >= 0.6 is 0 Å². The lowest BCUT2D eigenvalue weighted by atomic mass is 10.2. The van der Waals surface area contributed by atoms with E-state index in [9.17, 15) is 13.2 Å². The molecule has 0 aromatic heterocycles. The fourth-order valence-corrected chi connectivity index (χ4v) is 4.42. The highest BCUT2D eigenvalue weighted by Crippen LogP contribution is 2.52. The third kappa shape index (κ3) is 1.95. The maximum atomic E-state index is 12.4. The standard InChI is InChI=1S/C13H15NO4S/c1-8-2-4-9(5-3-8)19(17,18)14-6-10-11(7-14)12(10)13(15)16/h2-5,10-12H,6-7H2,1H3,(H,15,16)/t10-,11?,12?/m1/s1. The Bertz CT molecular complexity index is 611. The van der Waals surface area contributed by atoms with E-state index >= 15 is 0 Å². The topological polar surface area (TPSA) is 74.7 Å². The van der Waals surface area contributed by atoms with Crippen molar-refractivity contribution in [3.63, 3.8) is 0 Å². The summed E-state index contributed by atoms with van der Waals surface area (Å²) in [5, 5.41) is 8.93. The third-order valence-corrected chi connectivity index (χ3v) is 5.95. The van der Waals surface area contributed by atoms with E-state index in [-0.39, 0.29) is 22.6 Å². The largest absolute Gasteiger partial charge is 0.481 e. The molecule has 2 unspecified atom stereocenters. The molecule has 3 rings (SSSR count). The van der Waals surface area contributed by atoms with Gasteiger partial charge >= 0.3 is 5.97 Å². The van der Waals surface area contributed by atoms with Gasteiger partial charge in [0.25, 0.3) is 0 Å². The van der Waals surface area contributed by atoms with E-state index in [2.05, 4.69) is 0 Å². The maximum Gasteiger partial charge on any atom is 0.307 e. The number of carbonyl (C=O) groups is 1. The molecule has 6 heteroatoms. The third-order valence-electron chi connectivity index (χ3n) is 4.10. The van der Waals surface area contributed by atoms with Gasteiger partial charge < -0.3 is 5.11 Å². The van der Waals surface area contributed by atoms with Crippen LogP contribution in [0.1, 0.15) is 5.56 Å². The van der Waals surface area contributed by atoms with Crippen LogP contribution in [-0.2, 0) is 14.8 Å². The number of piperidine rings is 1. The van der Waals surface area contributed by atoms with Gasteiger partial charge in [-0.15, -0.1) is 0 Å². The van der Waals surface area contributed by atoms with Gasteiger partial charge in [-0.1, -0.05) is 17.7 Å². The summed E-state index contributed by atoms with van der Waals surface area (Å²) in [4.78, 5) is 11.2. The van der Waals surface area contributed by atoms with Gasteiger partial charge in [0.05, 0.1) is 10.8 Å². The van der Waals surface area contributed by atoms with Gasteiger partial charge in [-0.05, 0) is 30.9 Å². The van der Waals surface area contributed by atoms with Crippen molar-refractivity contribution in [2.24, 2.45) is 17.8 Å². The first-order chi connectivity index (χ1) is 8.91. The van der Waals surface area contributed by atoms with Crippen molar-refractivity contribution in [1.82, 2.24) is 4.31 Å². The summed E-state index contributed by atoms with van der Waals surface area (Å²) in [6.07, 6.45) is 0. The number of aryl methyl sites for hydroxylation is 1. The Morgan fingerprint density at radius 2 is 1.74 bits per heavy atom. The van der Waals surface area contributed by atoms with Gasteiger partial charge in [-0.25, -0.2) is 8.42 Å². The molecule has 1 saturated heterocycles. The van der Waals surface area contributed by atoms with E-state index in [1.807, 2.05) is 6.92 Å². The lowest BCUT2D eigenvalue weighted by Crippen LogP contribution is -2.32. The Kier molecular flexibility index (Phi) is 2.69. The Balaban J connectivity index is 1.78. The summed E-state index contributed by atoms with van der Waals surface area (Å²) in [6, 6.07) is 6.74. The molecular formula is C13H15NO4S. The molecule has 1 aliphatic heterocycles. The van der Waals surface area contributed by atoms with Crippen molar-refractivity contribution in [3.8, 4) is 0 Å². The monoisotopic (exact) mass is 281 g/mol.